The molecule has 0 bridgehead atoms. The number of rotatable bonds is 2. The van der Waals surface area contributed by atoms with Gasteiger partial charge in [-0.1, -0.05) is 36.3 Å². The molecule has 2 fully saturated rings. The number of benzene rings is 1. The highest BCUT2D eigenvalue weighted by atomic mass is 32.2. The Morgan fingerprint density at radius 2 is 1.84 bits per heavy atom. The standard InChI is InChI=1S/C18H20N2O4S/c1-2-6-16(21)19-11-9-18(10-12-19)20(17(22)14-25(18,23)24)13-15-7-4-3-5-8-15/h3-5,7-8H,9-14H2,1H3. The molecule has 6 nitrogen and oxygen atoms in total. The molecule has 2 amide bonds. The van der Waals surface area contributed by atoms with Crippen molar-refractivity contribution in [3.63, 3.8) is 0 Å². The van der Waals surface area contributed by atoms with Crippen LogP contribution >= 0.6 is 0 Å². The third-order valence-corrected chi connectivity index (χ3v) is 7.35. The zero-order valence-corrected chi connectivity index (χ0v) is 14.9. The summed E-state index contributed by atoms with van der Waals surface area (Å²) in [5.74, 6) is 3.93. The van der Waals surface area contributed by atoms with Crippen LogP contribution in [0.3, 0.4) is 0 Å². The molecule has 2 saturated heterocycles. The maximum atomic E-state index is 12.8. The van der Waals surface area contributed by atoms with Crippen molar-refractivity contribution in [3.8, 4) is 11.8 Å². The Morgan fingerprint density at radius 1 is 1.20 bits per heavy atom. The van der Waals surface area contributed by atoms with E-state index in [2.05, 4.69) is 11.8 Å². The molecule has 2 heterocycles. The fraction of sp³-hybridized carbons (Fsp3) is 0.444. The number of carbonyl (C=O) groups is 2. The first-order valence-electron chi connectivity index (χ1n) is 8.18. The van der Waals surface area contributed by atoms with E-state index < -0.39 is 20.5 Å². The molecule has 1 aromatic rings. The maximum absolute atomic E-state index is 12.8. The van der Waals surface area contributed by atoms with Gasteiger partial charge in [0, 0.05) is 32.5 Å². The largest absolute Gasteiger partial charge is 0.332 e. The Balaban J connectivity index is 1.87. The molecular weight excluding hydrogens is 340 g/mol. The van der Waals surface area contributed by atoms with E-state index >= 15 is 0 Å². The minimum atomic E-state index is -3.59. The number of sulfone groups is 1. The average Bonchev–Trinajstić information content (AvgIpc) is 2.76. The Kier molecular flexibility index (Phi) is 4.56. The van der Waals surface area contributed by atoms with Gasteiger partial charge >= 0.3 is 0 Å². The molecule has 7 heteroatoms. The summed E-state index contributed by atoms with van der Waals surface area (Å²) in [7, 11) is -3.59. The van der Waals surface area contributed by atoms with E-state index in [0.29, 0.717) is 0 Å². The fourth-order valence-corrected chi connectivity index (χ4v) is 5.65. The van der Waals surface area contributed by atoms with Gasteiger partial charge in [0.25, 0.3) is 5.91 Å². The van der Waals surface area contributed by atoms with Crippen LogP contribution in [0, 0.1) is 11.8 Å². The summed E-state index contributed by atoms with van der Waals surface area (Å²) in [5.41, 5.74) is 0.891. The zero-order valence-electron chi connectivity index (χ0n) is 14.1. The van der Waals surface area contributed by atoms with Crippen LogP contribution in [0.5, 0.6) is 0 Å². The molecule has 0 aliphatic carbocycles. The van der Waals surface area contributed by atoms with Crippen molar-refractivity contribution in [3.05, 3.63) is 35.9 Å². The van der Waals surface area contributed by atoms with Crippen molar-refractivity contribution in [2.24, 2.45) is 0 Å². The molecule has 2 aliphatic rings. The van der Waals surface area contributed by atoms with Gasteiger partial charge in [0.05, 0.1) is 0 Å². The number of amides is 2. The quantitative estimate of drug-likeness (QED) is 0.731. The van der Waals surface area contributed by atoms with E-state index in [1.54, 1.807) is 11.8 Å². The highest BCUT2D eigenvalue weighted by molar-refractivity contribution is 7.93. The second-order valence-electron chi connectivity index (χ2n) is 6.34. The van der Waals surface area contributed by atoms with E-state index in [0.717, 1.165) is 5.56 Å². The van der Waals surface area contributed by atoms with Gasteiger partial charge in [0.15, 0.2) is 9.84 Å². The summed E-state index contributed by atoms with van der Waals surface area (Å²) in [6, 6.07) is 9.35. The van der Waals surface area contributed by atoms with E-state index in [9.17, 15) is 18.0 Å². The molecule has 1 aromatic carbocycles. The van der Waals surface area contributed by atoms with E-state index in [1.807, 2.05) is 30.3 Å². The predicted octanol–water partition coefficient (Wildman–Crippen LogP) is 0.786. The van der Waals surface area contributed by atoms with Crippen LogP contribution in [-0.2, 0) is 26.0 Å². The van der Waals surface area contributed by atoms with Crippen LogP contribution in [-0.4, -0.2) is 53.7 Å². The van der Waals surface area contributed by atoms with Crippen molar-refractivity contribution >= 4 is 21.7 Å². The maximum Gasteiger partial charge on any atom is 0.298 e. The number of likely N-dealkylation sites (tertiary alicyclic amines) is 1. The summed E-state index contributed by atoms with van der Waals surface area (Å²) in [6.45, 7) is 2.42. The van der Waals surface area contributed by atoms with Gasteiger partial charge in [-0.2, -0.15) is 0 Å². The molecule has 1 spiro atoms. The van der Waals surface area contributed by atoms with Crippen LogP contribution in [0.2, 0.25) is 0 Å². The molecule has 0 saturated carbocycles. The topological polar surface area (TPSA) is 74.8 Å². The zero-order chi connectivity index (χ0) is 18.1. The first-order chi connectivity index (χ1) is 11.9. The number of hydrogen-bond acceptors (Lipinski definition) is 4. The van der Waals surface area contributed by atoms with Gasteiger partial charge in [0.2, 0.25) is 5.91 Å². The van der Waals surface area contributed by atoms with Crippen LogP contribution in [0.25, 0.3) is 0 Å². The van der Waals surface area contributed by atoms with Gasteiger partial charge in [-0.3, -0.25) is 9.59 Å². The molecule has 3 rings (SSSR count). The monoisotopic (exact) mass is 360 g/mol. The number of nitrogens with zero attached hydrogens (tertiary/aromatic N) is 2. The minimum absolute atomic E-state index is 0.227. The lowest BCUT2D eigenvalue weighted by atomic mass is 10.0. The number of piperidine rings is 1. The van der Waals surface area contributed by atoms with Crippen molar-refractivity contribution < 1.29 is 18.0 Å². The van der Waals surface area contributed by atoms with Crippen LogP contribution in [0.15, 0.2) is 30.3 Å². The highest BCUT2D eigenvalue weighted by Gasteiger charge is 2.58. The van der Waals surface area contributed by atoms with Crippen molar-refractivity contribution in [2.45, 2.75) is 31.2 Å². The highest BCUT2D eigenvalue weighted by Crippen LogP contribution is 2.40. The number of hydrogen-bond donors (Lipinski definition) is 0. The smallest absolute Gasteiger partial charge is 0.298 e. The van der Waals surface area contributed by atoms with Gasteiger partial charge in [-0.15, -0.1) is 0 Å². The molecule has 0 aromatic heterocycles. The Bertz CT molecular complexity index is 844. The van der Waals surface area contributed by atoms with Crippen molar-refractivity contribution in [1.82, 2.24) is 9.80 Å². The van der Waals surface area contributed by atoms with Crippen LogP contribution < -0.4 is 0 Å². The Hall–Kier alpha value is -2.33. The molecule has 0 unspecified atom stereocenters. The summed E-state index contributed by atoms with van der Waals surface area (Å²) in [4.78, 5) is 26.2. The second-order valence-corrected chi connectivity index (χ2v) is 8.62. The predicted molar refractivity (Wildman–Crippen MR) is 92.8 cm³/mol. The molecule has 25 heavy (non-hydrogen) atoms. The van der Waals surface area contributed by atoms with Gasteiger partial charge < -0.3 is 9.80 Å². The lowest BCUT2D eigenvalue weighted by Crippen LogP contribution is -2.56. The summed E-state index contributed by atoms with van der Waals surface area (Å²) in [5, 5.41) is 0. The van der Waals surface area contributed by atoms with Gasteiger partial charge in [-0.05, 0) is 18.4 Å². The summed E-state index contributed by atoms with van der Waals surface area (Å²) in [6.07, 6.45) is 0.454. The van der Waals surface area contributed by atoms with E-state index in [4.69, 9.17) is 0 Å². The molecule has 0 atom stereocenters. The van der Waals surface area contributed by atoms with Crippen molar-refractivity contribution in [1.29, 1.82) is 0 Å². The van der Waals surface area contributed by atoms with E-state index in [1.165, 1.54) is 4.90 Å². The number of carbonyl (C=O) groups excluding carboxylic acids is 2. The van der Waals surface area contributed by atoms with Gasteiger partial charge in [0.1, 0.15) is 10.6 Å². The summed E-state index contributed by atoms with van der Waals surface area (Å²) >= 11 is 0. The minimum Gasteiger partial charge on any atom is -0.332 e. The van der Waals surface area contributed by atoms with Crippen LogP contribution in [0.4, 0.5) is 0 Å². The average molecular weight is 360 g/mol. The second kappa shape index (κ2) is 6.52. The van der Waals surface area contributed by atoms with E-state index in [-0.39, 0.29) is 44.3 Å². The van der Waals surface area contributed by atoms with Crippen LogP contribution in [0.1, 0.15) is 25.3 Å². The summed E-state index contributed by atoms with van der Waals surface area (Å²) < 4.78 is 25.5. The first kappa shape index (κ1) is 17.5. The molecule has 2 aliphatic heterocycles. The van der Waals surface area contributed by atoms with Crippen molar-refractivity contribution in [2.75, 3.05) is 18.8 Å². The normalized spacial score (nSPS) is 21.1. The first-order valence-corrected chi connectivity index (χ1v) is 9.83. The molecular formula is C18H20N2O4S. The Morgan fingerprint density at radius 3 is 2.44 bits per heavy atom. The molecule has 0 radical (unpaired) electrons. The third-order valence-electron chi connectivity index (χ3n) is 4.93. The SMILES string of the molecule is CC#CC(=O)N1CCC2(CC1)N(Cc1ccccc1)C(=O)CS2(=O)=O. The molecule has 132 valence electrons. The fourth-order valence-electron chi connectivity index (χ4n) is 3.59. The van der Waals surface area contributed by atoms with Gasteiger partial charge in [-0.25, -0.2) is 8.42 Å². The Labute approximate surface area is 147 Å². The molecule has 0 N–H and O–H groups in total. The lowest BCUT2D eigenvalue weighted by Gasteiger charge is -2.43. The lowest BCUT2D eigenvalue weighted by molar-refractivity contribution is -0.133. The third kappa shape index (κ3) is 3.02.